The number of carboxylic acid groups (broad SMARTS) is 1. The van der Waals surface area contributed by atoms with Gasteiger partial charge in [-0.2, -0.15) is 0 Å². The van der Waals surface area contributed by atoms with Crippen LogP contribution >= 0.6 is 0 Å². The lowest BCUT2D eigenvalue weighted by molar-refractivity contribution is -0.0634. The number of aromatic nitrogens is 2. The molecule has 3 aromatic rings. The summed E-state index contributed by atoms with van der Waals surface area (Å²) < 4.78 is 23.7. The van der Waals surface area contributed by atoms with Gasteiger partial charge in [-0.05, 0) is 43.2 Å². The van der Waals surface area contributed by atoms with E-state index in [0.29, 0.717) is 0 Å². The van der Waals surface area contributed by atoms with Crippen LogP contribution in [-0.4, -0.2) is 40.4 Å². The number of aromatic carboxylic acids is 1. The van der Waals surface area contributed by atoms with Gasteiger partial charge in [-0.3, -0.25) is 0 Å². The van der Waals surface area contributed by atoms with Gasteiger partial charge in [0.2, 0.25) is 0 Å². The van der Waals surface area contributed by atoms with Gasteiger partial charge >= 0.3 is 12.1 Å². The van der Waals surface area contributed by atoms with Gasteiger partial charge in [0, 0.05) is 35.9 Å². The highest BCUT2D eigenvalue weighted by Gasteiger charge is 2.56. The number of hydrogen-bond donors (Lipinski definition) is 2. The minimum Gasteiger partial charge on any atom is -0.476 e. The molecule has 1 aliphatic carbocycles. The van der Waals surface area contributed by atoms with Crippen LogP contribution in [-0.2, 0) is 4.74 Å². The molecule has 1 aliphatic heterocycles. The topological polar surface area (TPSA) is 132 Å². The second-order valence-corrected chi connectivity index (χ2v) is 8.31. The molecule has 31 heavy (non-hydrogen) atoms. The molecular formula is C21H19FN4O5. The van der Waals surface area contributed by atoms with Crippen LogP contribution in [0.5, 0.6) is 0 Å². The molecule has 1 aromatic carbocycles. The molecule has 0 bridgehead atoms. The zero-order valence-corrected chi connectivity index (χ0v) is 16.3. The van der Waals surface area contributed by atoms with Gasteiger partial charge in [0.25, 0.3) is 0 Å². The van der Waals surface area contributed by atoms with E-state index in [0.717, 1.165) is 42.7 Å². The van der Waals surface area contributed by atoms with Crippen molar-refractivity contribution in [3.05, 3.63) is 53.7 Å². The van der Waals surface area contributed by atoms with E-state index in [9.17, 15) is 14.0 Å². The fourth-order valence-corrected chi connectivity index (χ4v) is 4.75. The Balaban J connectivity index is 1.26. The molecule has 1 saturated carbocycles. The van der Waals surface area contributed by atoms with Crippen LogP contribution in [0.1, 0.15) is 35.2 Å². The first-order chi connectivity index (χ1) is 14.8. The molecule has 5 rings (SSSR count). The number of ether oxygens (including phenoxy) is 1. The number of fused-ring (bicyclic) bond motifs is 1. The number of primary amides is 1. The Hall–Kier alpha value is -3.69. The Bertz CT molecular complexity index is 1180. The first-order valence-electron chi connectivity index (χ1n) is 9.79. The second-order valence-electron chi connectivity index (χ2n) is 8.31. The molecule has 1 unspecified atom stereocenters. The monoisotopic (exact) mass is 426 g/mol. The quantitative estimate of drug-likeness (QED) is 0.636. The van der Waals surface area contributed by atoms with Crippen LogP contribution in [0.3, 0.4) is 0 Å². The Kier molecular flexibility index (Phi) is 4.31. The van der Waals surface area contributed by atoms with Crippen molar-refractivity contribution in [1.29, 1.82) is 0 Å². The van der Waals surface area contributed by atoms with Gasteiger partial charge in [0.1, 0.15) is 11.6 Å². The largest absolute Gasteiger partial charge is 0.476 e. The fourth-order valence-electron chi connectivity index (χ4n) is 4.75. The van der Waals surface area contributed by atoms with Crippen molar-refractivity contribution in [2.75, 3.05) is 18.0 Å². The number of pyridine rings is 1. The summed E-state index contributed by atoms with van der Waals surface area (Å²) >= 11 is 0. The molecule has 3 N–H and O–H groups in total. The molecule has 1 spiro atoms. The number of hydrogen-bond acceptors (Lipinski definition) is 7. The summed E-state index contributed by atoms with van der Waals surface area (Å²) in [6.45, 7) is 1.59. The van der Waals surface area contributed by atoms with E-state index in [2.05, 4.69) is 15.0 Å². The average molecular weight is 426 g/mol. The molecule has 2 aromatic heterocycles. The van der Waals surface area contributed by atoms with E-state index < -0.39 is 18.2 Å². The van der Waals surface area contributed by atoms with Crippen LogP contribution in [0, 0.1) is 17.2 Å². The maximum atomic E-state index is 13.4. The maximum Gasteiger partial charge on any atom is 0.405 e. The van der Waals surface area contributed by atoms with E-state index in [-0.39, 0.29) is 28.6 Å². The Morgan fingerprint density at radius 3 is 2.71 bits per heavy atom. The third-order valence-corrected chi connectivity index (χ3v) is 6.10. The number of amides is 1. The van der Waals surface area contributed by atoms with E-state index in [1.54, 1.807) is 6.07 Å². The van der Waals surface area contributed by atoms with Crippen molar-refractivity contribution >= 4 is 28.8 Å². The van der Waals surface area contributed by atoms with E-state index in [1.165, 1.54) is 18.2 Å². The zero-order valence-electron chi connectivity index (χ0n) is 16.3. The zero-order chi connectivity index (χ0) is 21.8. The normalized spacial score (nSPS) is 18.4. The summed E-state index contributed by atoms with van der Waals surface area (Å²) in [6.07, 6.45) is -0.190. The lowest BCUT2D eigenvalue weighted by Crippen LogP contribution is -2.63. The van der Waals surface area contributed by atoms with Crippen LogP contribution < -0.4 is 10.6 Å². The summed E-state index contributed by atoms with van der Waals surface area (Å²) in [6, 6.07) is 9.51. The molecule has 9 nitrogen and oxygen atoms in total. The lowest BCUT2D eigenvalue weighted by Gasteiger charge is -2.60. The van der Waals surface area contributed by atoms with Gasteiger partial charge < -0.3 is 25.0 Å². The number of anilines is 1. The number of nitrogens with zero attached hydrogens (tertiary/aromatic N) is 3. The first kappa shape index (κ1) is 19.3. The molecule has 1 saturated heterocycles. The summed E-state index contributed by atoms with van der Waals surface area (Å²) in [5.74, 6) is -0.550. The molecule has 2 fully saturated rings. The highest BCUT2D eigenvalue weighted by molar-refractivity contribution is 5.85. The number of carbonyl (C=O) groups excluding carboxylic acids is 1. The number of nitrogens with two attached hydrogens (primary N) is 1. The Labute approximate surface area is 175 Å². The van der Waals surface area contributed by atoms with Crippen molar-refractivity contribution in [1.82, 2.24) is 10.1 Å². The van der Waals surface area contributed by atoms with Crippen molar-refractivity contribution in [2.24, 2.45) is 17.1 Å². The molecule has 0 radical (unpaired) electrons. The van der Waals surface area contributed by atoms with Gasteiger partial charge in [-0.1, -0.05) is 5.16 Å². The van der Waals surface area contributed by atoms with Crippen molar-refractivity contribution in [3.63, 3.8) is 0 Å². The average Bonchev–Trinajstić information content (AvgIpc) is 3.15. The third kappa shape index (κ3) is 3.43. The van der Waals surface area contributed by atoms with Crippen molar-refractivity contribution in [2.45, 2.75) is 18.9 Å². The molecule has 10 heteroatoms. The molecule has 160 valence electrons. The number of benzene rings is 1. The Morgan fingerprint density at radius 1 is 1.26 bits per heavy atom. The van der Waals surface area contributed by atoms with E-state index in [1.807, 2.05) is 12.1 Å². The SMILES string of the molecule is NC(=O)OC(c1cc(C(=O)O)no1)C1CC2(C1)CN(c1ccc3cc(F)ccc3n1)C2. The molecule has 2 aliphatic rings. The standard InChI is InChI=1S/C21H19FN4O5/c22-13-2-3-14-11(5-13)1-4-17(24-14)26-9-21(10-26)7-12(8-21)18(30-20(23)29)16-6-15(19(27)28)25-31-16/h1-6,12,18H,7-10H2,(H2,23,29)(H,27,28). The van der Waals surface area contributed by atoms with Crippen molar-refractivity contribution < 1.29 is 28.3 Å². The van der Waals surface area contributed by atoms with Gasteiger partial charge in [0.05, 0.1) is 5.52 Å². The summed E-state index contributed by atoms with van der Waals surface area (Å²) in [4.78, 5) is 29.2. The van der Waals surface area contributed by atoms with Gasteiger partial charge in [-0.25, -0.2) is 19.0 Å². The first-order valence-corrected chi connectivity index (χ1v) is 9.79. The smallest absolute Gasteiger partial charge is 0.405 e. The molecule has 1 amide bonds. The van der Waals surface area contributed by atoms with Gasteiger partial charge in [-0.15, -0.1) is 0 Å². The van der Waals surface area contributed by atoms with Crippen LogP contribution in [0.4, 0.5) is 15.0 Å². The van der Waals surface area contributed by atoms with Gasteiger partial charge in [0.15, 0.2) is 17.6 Å². The number of carboxylic acids is 1. The summed E-state index contributed by atoms with van der Waals surface area (Å²) in [7, 11) is 0. The highest BCUT2D eigenvalue weighted by atomic mass is 19.1. The van der Waals surface area contributed by atoms with Crippen LogP contribution in [0.2, 0.25) is 0 Å². The predicted molar refractivity (Wildman–Crippen MR) is 106 cm³/mol. The molecule has 3 heterocycles. The Morgan fingerprint density at radius 2 is 2.03 bits per heavy atom. The highest BCUT2D eigenvalue weighted by Crippen LogP contribution is 2.57. The molecular weight excluding hydrogens is 407 g/mol. The maximum absolute atomic E-state index is 13.4. The number of carbonyl (C=O) groups is 2. The third-order valence-electron chi connectivity index (χ3n) is 6.10. The predicted octanol–water partition coefficient (Wildman–Crippen LogP) is 3.11. The minimum absolute atomic E-state index is 0.0446. The number of halogens is 1. The van der Waals surface area contributed by atoms with E-state index >= 15 is 0 Å². The summed E-state index contributed by atoms with van der Waals surface area (Å²) in [5, 5.41) is 13.3. The van der Waals surface area contributed by atoms with E-state index in [4.69, 9.17) is 20.1 Å². The fraction of sp³-hybridized carbons (Fsp3) is 0.333. The lowest BCUT2D eigenvalue weighted by atomic mass is 9.56. The van der Waals surface area contributed by atoms with Crippen molar-refractivity contribution in [3.8, 4) is 0 Å². The summed E-state index contributed by atoms with van der Waals surface area (Å²) in [5.41, 5.74) is 5.76. The molecule has 1 atom stereocenters. The second kappa shape index (κ2) is 6.93. The van der Waals surface area contributed by atoms with Crippen LogP contribution in [0.15, 0.2) is 40.9 Å². The van der Waals surface area contributed by atoms with Crippen LogP contribution in [0.25, 0.3) is 10.9 Å². The number of rotatable bonds is 5. The minimum atomic E-state index is -1.22.